The zero-order valence-corrected chi connectivity index (χ0v) is 9.46. The lowest BCUT2D eigenvalue weighted by molar-refractivity contribution is 1.49. The standard InChI is InChI=1S/C14H10N4/c1-3-15-13-7-5-12-8(6-11(7)17-9(1)13)14-10(18-12)2-4-16-14/h1-6,15-18H. The summed E-state index contributed by atoms with van der Waals surface area (Å²) in [6.45, 7) is 0. The van der Waals surface area contributed by atoms with Gasteiger partial charge >= 0.3 is 0 Å². The Morgan fingerprint density at radius 1 is 0.611 bits per heavy atom. The molecule has 0 atom stereocenters. The molecular formula is C14H10N4. The summed E-state index contributed by atoms with van der Waals surface area (Å²) in [6.07, 6.45) is 3.92. The lowest BCUT2D eigenvalue weighted by atomic mass is 10.2. The van der Waals surface area contributed by atoms with Gasteiger partial charge < -0.3 is 19.9 Å². The number of nitrogens with one attached hydrogen (secondary N) is 4. The van der Waals surface area contributed by atoms with E-state index in [1.165, 1.54) is 32.8 Å². The maximum atomic E-state index is 3.44. The van der Waals surface area contributed by atoms with Gasteiger partial charge in [0.2, 0.25) is 0 Å². The number of H-pyrrole nitrogens is 4. The lowest BCUT2D eigenvalue weighted by Gasteiger charge is -1.93. The monoisotopic (exact) mass is 234 g/mol. The quantitative estimate of drug-likeness (QED) is 0.316. The number of aromatic amines is 4. The van der Waals surface area contributed by atoms with Gasteiger partial charge in [-0.1, -0.05) is 0 Å². The smallest absolute Gasteiger partial charge is 0.0714 e. The molecule has 0 fully saturated rings. The van der Waals surface area contributed by atoms with Crippen LogP contribution in [0.25, 0.3) is 43.9 Å². The third-order valence-corrected chi connectivity index (χ3v) is 3.73. The average Bonchev–Trinajstić information content (AvgIpc) is 3.04. The summed E-state index contributed by atoms with van der Waals surface area (Å²) in [5, 5.41) is 2.46. The van der Waals surface area contributed by atoms with Gasteiger partial charge in [0.15, 0.2) is 0 Å². The zero-order valence-electron chi connectivity index (χ0n) is 9.46. The molecule has 0 aliphatic rings. The largest absolute Gasteiger partial charge is 0.359 e. The molecule has 18 heavy (non-hydrogen) atoms. The second kappa shape index (κ2) is 2.61. The molecule has 0 unspecified atom stereocenters. The Bertz CT molecular complexity index is 937. The Balaban J connectivity index is 2.10. The van der Waals surface area contributed by atoms with E-state index in [0.717, 1.165) is 11.0 Å². The first kappa shape index (κ1) is 8.47. The molecule has 1 aromatic carbocycles. The van der Waals surface area contributed by atoms with Gasteiger partial charge in [-0.15, -0.1) is 0 Å². The molecule has 4 nitrogen and oxygen atoms in total. The minimum absolute atomic E-state index is 1.15. The molecular weight excluding hydrogens is 224 g/mol. The molecule has 0 spiro atoms. The molecule has 4 aromatic heterocycles. The summed E-state index contributed by atoms with van der Waals surface area (Å²) in [4.78, 5) is 13.4. The van der Waals surface area contributed by atoms with Crippen molar-refractivity contribution in [1.29, 1.82) is 0 Å². The molecule has 0 aliphatic heterocycles. The van der Waals surface area contributed by atoms with Gasteiger partial charge in [0.25, 0.3) is 0 Å². The van der Waals surface area contributed by atoms with Crippen molar-refractivity contribution in [3.8, 4) is 0 Å². The Morgan fingerprint density at radius 3 is 1.61 bits per heavy atom. The molecule has 4 heterocycles. The van der Waals surface area contributed by atoms with Crippen LogP contribution in [0, 0.1) is 0 Å². The minimum Gasteiger partial charge on any atom is -0.359 e. The van der Waals surface area contributed by atoms with Crippen LogP contribution in [-0.2, 0) is 0 Å². The topological polar surface area (TPSA) is 63.2 Å². The van der Waals surface area contributed by atoms with E-state index in [-0.39, 0.29) is 0 Å². The predicted molar refractivity (Wildman–Crippen MR) is 73.9 cm³/mol. The molecule has 4 heteroatoms. The van der Waals surface area contributed by atoms with Gasteiger partial charge in [0.1, 0.15) is 0 Å². The van der Waals surface area contributed by atoms with E-state index in [2.05, 4.69) is 44.2 Å². The normalized spacial score (nSPS) is 12.4. The van der Waals surface area contributed by atoms with E-state index < -0.39 is 0 Å². The first-order valence-electron chi connectivity index (χ1n) is 5.98. The van der Waals surface area contributed by atoms with Crippen molar-refractivity contribution in [2.24, 2.45) is 0 Å². The Labute approximate surface area is 101 Å². The van der Waals surface area contributed by atoms with Gasteiger partial charge in [-0.3, -0.25) is 0 Å². The summed E-state index contributed by atoms with van der Waals surface area (Å²) in [5.74, 6) is 0. The van der Waals surface area contributed by atoms with E-state index in [9.17, 15) is 0 Å². The van der Waals surface area contributed by atoms with Crippen LogP contribution in [0.4, 0.5) is 0 Å². The van der Waals surface area contributed by atoms with Crippen LogP contribution in [0.2, 0.25) is 0 Å². The summed E-state index contributed by atoms with van der Waals surface area (Å²) in [6, 6.07) is 8.53. The van der Waals surface area contributed by atoms with Crippen molar-refractivity contribution in [3.63, 3.8) is 0 Å². The van der Waals surface area contributed by atoms with Crippen molar-refractivity contribution in [1.82, 2.24) is 19.9 Å². The van der Waals surface area contributed by atoms with Gasteiger partial charge in [-0.25, -0.2) is 0 Å². The molecule has 86 valence electrons. The van der Waals surface area contributed by atoms with Crippen LogP contribution in [0.1, 0.15) is 0 Å². The van der Waals surface area contributed by atoms with Crippen LogP contribution < -0.4 is 0 Å². The van der Waals surface area contributed by atoms with Crippen molar-refractivity contribution in [2.75, 3.05) is 0 Å². The fourth-order valence-corrected chi connectivity index (χ4v) is 2.90. The number of fused-ring (bicyclic) bond motifs is 6. The van der Waals surface area contributed by atoms with E-state index in [1.807, 2.05) is 12.4 Å². The van der Waals surface area contributed by atoms with Crippen molar-refractivity contribution in [3.05, 3.63) is 36.7 Å². The molecule has 0 saturated carbocycles. The maximum absolute atomic E-state index is 3.44. The van der Waals surface area contributed by atoms with Crippen LogP contribution in [0.3, 0.4) is 0 Å². The lowest BCUT2D eigenvalue weighted by Crippen LogP contribution is -1.72. The highest BCUT2D eigenvalue weighted by Gasteiger charge is 2.10. The number of hydrogen-bond donors (Lipinski definition) is 4. The first-order chi connectivity index (χ1) is 8.90. The number of rotatable bonds is 0. The van der Waals surface area contributed by atoms with Crippen LogP contribution in [-0.4, -0.2) is 19.9 Å². The first-order valence-corrected chi connectivity index (χ1v) is 5.98. The van der Waals surface area contributed by atoms with Crippen molar-refractivity contribution in [2.45, 2.75) is 0 Å². The summed E-state index contributed by atoms with van der Waals surface area (Å²) < 4.78 is 0. The summed E-state index contributed by atoms with van der Waals surface area (Å²) in [7, 11) is 0. The third kappa shape index (κ3) is 0.841. The van der Waals surface area contributed by atoms with Gasteiger partial charge in [-0.2, -0.15) is 0 Å². The molecule has 4 N–H and O–H groups in total. The molecule has 5 rings (SSSR count). The van der Waals surface area contributed by atoms with Crippen LogP contribution in [0.5, 0.6) is 0 Å². The summed E-state index contributed by atoms with van der Waals surface area (Å²) >= 11 is 0. The van der Waals surface area contributed by atoms with E-state index in [4.69, 9.17) is 0 Å². The fraction of sp³-hybridized carbons (Fsp3) is 0. The van der Waals surface area contributed by atoms with Gasteiger partial charge in [-0.05, 0) is 24.3 Å². The zero-order chi connectivity index (χ0) is 11.7. The Morgan fingerprint density at radius 2 is 1.11 bits per heavy atom. The van der Waals surface area contributed by atoms with Crippen molar-refractivity contribution < 1.29 is 0 Å². The Kier molecular flexibility index (Phi) is 1.23. The van der Waals surface area contributed by atoms with Crippen LogP contribution >= 0.6 is 0 Å². The third-order valence-electron chi connectivity index (χ3n) is 3.73. The molecule has 0 amide bonds. The van der Waals surface area contributed by atoms with Gasteiger partial charge in [0, 0.05) is 34.2 Å². The highest BCUT2D eigenvalue weighted by Crippen LogP contribution is 2.31. The van der Waals surface area contributed by atoms with E-state index >= 15 is 0 Å². The highest BCUT2D eigenvalue weighted by molar-refractivity contribution is 6.15. The number of aromatic nitrogens is 4. The van der Waals surface area contributed by atoms with Gasteiger partial charge in [0.05, 0.1) is 22.1 Å². The van der Waals surface area contributed by atoms with Crippen LogP contribution in [0.15, 0.2) is 36.7 Å². The molecule has 0 radical (unpaired) electrons. The second-order valence-corrected chi connectivity index (χ2v) is 4.73. The SMILES string of the molecule is c1cc2[nH]c3cc4c(cc3c2[nH]1)[nH]c1cc[nH]c14. The minimum atomic E-state index is 1.15. The fourth-order valence-electron chi connectivity index (χ4n) is 2.90. The number of benzene rings is 1. The van der Waals surface area contributed by atoms with Crippen molar-refractivity contribution >= 4 is 43.9 Å². The Hall–Kier alpha value is -2.62. The predicted octanol–water partition coefficient (Wildman–Crippen LogP) is 3.61. The molecule has 0 aliphatic carbocycles. The highest BCUT2D eigenvalue weighted by atomic mass is 14.8. The molecule has 0 saturated heterocycles. The molecule has 0 bridgehead atoms. The second-order valence-electron chi connectivity index (χ2n) is 4.73. The van der Waals surface area contributed by atoms with E-state index in [0.29, 0.717) is 0 Å². The average molecular weight is 234 g/mol. The maximum Gasteiger partial charge on any atom is 0.0714 e. The van der Waals surface area contributed by atoms with E-state index in [1.54, 1.807) is 0 Å². The summed E-state index contributed by atoms with van der Waals surface area (Å²) in [5.41, 5.74) is 6.98. The number of hydrogen-bond acceptors (Lipinski definition) is 0. The molecule has 5 aromatic rings.